The molecule has 25 heavy (non-hydrogen) atoms. The van der Waals surface area contributed by atoms with Gasteiger partial charge in [0.1, 0.15) is 18.1 Å². The van der Waals surface area contributed by atoms with Crippen LogP contribution >= 0.6 is 11.6 Å². The molecule has 3 rings (SSSR count). The molecule has 0 bridgehead atoms. The van der Waals surface area contributed by atoms with Crippen molar-refractivity contribution < 1.29 is 14.3 Å². The van der Waals surface area contributed by atoms with Crippen LogP contribution in [0, 0.1) is 12.3 Å². The molecule has 124 valence electrons. The fourth-order valence-corrected chi connectivity index (χ4v) is 2.44. The molecule has 0 aliphatic carbocycles. The van der Waals surface area contributed by atoms with Gasteiger partial charge in [0.2, 0.25) is 0 Å². The lowest BCUT2D eigenvalue weighted by atomic mass is 10.2. The van der Waals surface area contributed by atoms with E-state index in [-0.39, 0.29) is 12.3 Å². The Morgan fingerprint density at radius 3 is 2.44 bits per heavy atom. The molecule has 0 aromatic heterocycles. The number of benzene rings is 2. The van der Waals surface area contributed by atoms with Crippen molar-refractivity contribution in [3.8, 4) is 18.1 Å². The molecule has 0 spiro atoms. The molecular weight excluding hydrogens is 340 g/mol. The molecule has 1 aliphatic heterocycles. The van der Waals surface area contributed by atoms with E-state index in [1.165, 1.54) is 0 Å². The van der Waals surface area contributed by atoms with Crippen LogP contribution in [-0.4, -0.2) is 18.5 Å². The average molecular weight is 353 g/mol. The van der Waals surface area contributed by atoms with Crippen molar-refractivity contribution in [2.75, 3.05) is 11.5 Å². The third-order valence-electron chi connectivity index (χ3n) is 3.48. The SMILES string of the molecule is C#CCOc1ccc(/C=C2/NC(=O)N(c3ccc(Cl)cc3)C2=O)cc1. The number of rotatable bonds is 4. The smallest absolute Gasteiger partial charge is 0.333 e. The summed E-state index contributed by atoms with van der Waals surface area (Å²) < 4.78 is 5.29. The molecule has 1 N–H and O–H groups in total. The molecule has 0 unspecified atom stereocenters. The molecule has 5 nitrogen and oxygen atoms in total. The van der Waals surface area contributed by atoms with Gasteiger partial charge in [0.15, 0.2) is 0 Å². The number of amides is 3. The summed E-state index contributed by atoms with van der Waals surface area (Å²) in [5.41, 5.74) is 1.39. The summed E-state index contributed by atoms with van der Waals surface area (Å²) in [6, 6.07) is 13.0. The Kier molecular flexibility index (Phi) is 4.73. The number of nitrogens with zero attached hydrogens (tertiary/aromatic N) is 1. The highest BCUT2D eigenvalue weighted by molar-refractivity contribution is 6.31. The Balaban J connectivity index is 1.80. The van der Waals surface area contributed by atoms with Gasteiger partial charge < -0.3 is 10.1 Å². The second-order valence-corrected chi connectivity index (χ2v) is 5.60. The maximum atomic E-state index is 12.5. The highest BCUT2D eigenvalue weighted by Gasteiger charge is 2.34. The minimum absolute atomic E-state index is 0.186. The van der Waals surface area contributed by atoms with E-state index in [0.29, 0.717) is 16.5 Å². The third kappa shape index (κ3) is 3.65. The van der Waals surface area contributed by atoms with Gasteiger partial charge in [-0.15, -0.1) is 6.42 Å². The van der Waals surface area contributed by atoms with Crippen molar-refractivity contribution in [3.05, 3.63) is 64.8 Å². The zero-order valence-corrected chi connectivity index (χ0v) is 13.8. The molecule has 0 radical (unpaired) electrons. The van der Waals surface area contributed by atoms with Crippen molar-refractivity contribution >= 4 is 35.3 Å². The fourth-order valence-electron chi connectivity index (χ4n) is 2.31. The molecule has 1 aliphatic rings. The molecule has 0 atom stereocenters. The largest absolute Gasteiger partial charge is 0.481 e. The number of anilines is 1. The van der Waals surface area contributed by atoms with Crippen molar-refractivity contribution in [1.82, 2.24) is 5.32 Å². The van der Waals surface area contributed by atoms with Crippen LogP contribution in [0.4, 0.5) is 10.5 Å². The van der Waals surface area contributed by atoms with Crippen LogP contribution in [0.1, 0.15) is 5.56 Å². The van der Waals surface area contributed by atoms with E-state index in [1.807, 2.05) is 0 Å². The molecule has 3 amide bonds. The molecule has 1 saturated heterocycles. The number of halogens is 1. The first-order chi connectivity index (χ1) is 12.1. The highest BCUT2D eigenvalue weighted by atomic mass is 35.5. The van der Waals surface area contributed by atoms with Crippen LogP contribution in [-0.2, 0) is 4.79 Å². The van der Waals surface area contributed by atoms with E-state index >= 15 is 0 Å². The number of carbonyl (C=O) groups is 2. The average Bonchev–Trinajstić information content (AvgIpc) is 2.89. The van der Waals surface area contributed by atoms with Gasteiger partial charge in [0.25, 0.3) is 5.91 Å². The number of ether oxygens (including phenoxy) is 1. The van der Waals surface area contributed by atoms with Crippen LogP contribution < -0.4 is 15.0 Å². The zero-order valence-electron chi connectivity index (χ0n) is 13.0. The lowest BCUT2D eigenvalue weighted by Crippen LogP contribution is -2.30. The van der Waals surface area contributed by atoms with Crippen LogP contribution in [0.15, 0.2) is 54.2 Å². The Morgan fingerprint density at radius 2 is 1.80 bits per heavy atom. The molecule has 0 saturated carbocycles. The van der Waals surface area contributed by atoms with Gasteiger partial charge >= 0.3 is 6.03 Å². The summed E-state index contributed by atoms with van der Waals surface area (Å²) in [6.07, 6.45) is 6.74. The van der Waals surface area contributed by atoms with E-state index in [0.717, 1.165) is 10.5 Å². The Morgan fingerprint density at radius 1 is 1.12 bits per heavy atom. The topological polar surface area (TPSA) is 58.6 Å². The molecule has 2 aromatic rings. The minimum Gasteiger partial charge on any atom is -0.481 e. The van der Waals surface area contributed by atoms with E-state index in [9.17, 15) is 9.59 Å². The number of nitrogens with one attached hydrogen (secondary N) is 1. The second kappa shape index (κ2) is 7.12. The van der Waals surface area contributed by atoms with Crippen molar-refractivity contribution in [2.24, 2.45) is 0 Å². The van der Waals surface area contributed by atoms with E-state index < -0.39 is 11.9 Å². The van der Waals surface area contributed by atoms with Gasteiger partial charge in [-0.2, -0.15) is 0 Å². The summed E-state index contributed by atoms with van der Waals surface area (Å²) in [5, 5.41) is 3.10. The van der Waals surface area contributed by atoms with Crippen LogP contribution in [0.25, 0.3) is 6.08 Å². The van der Waals surface area contributed by atoms with Gasteiger partial charge in [-0.3, -0.25) is 4.79 Å². The number of terminal acetylenes is 1. The number of hydrogen-bond donors (Lipinski definition) is 1. The van der Waals surface area contributed by atoms with Crippen molar-refractivity contribution in [1.29, 1.82) is 0 Å². The lowest BCUT2D eigenvalue weighted by Gasteiger charge is -2.11. The summed E-state index contributed by atoms with van der Waals surface area (Å²) in [7, 11) is 0. The van der Waals surface area contributed by atoms with Crippen LogP contribution in [0.5, 0.6) is 5.75 Å². The quantitative estimate of drug-likeness (QED) is 0.521. The van der Waals surface area contributed by atoms with E-state index in [1.54, 1.807) is 54.6 Å². The van der Waals surface area contributed by atoms with Crippen LogP contribution in [0.2, 0.25) is 5.02 Å². The molecule has 6 heteroatoms. The standard InChI is InChI=1S/C19H13ClN2O3/c1-2-11-25-16-9-3-13(4-10-16)12-17-18(23)22(19(24)21-17)15-7-5-14(20)6-8-15/h1,3-10,12H,11H2,(H,21,24)/b17-12+. The Bertz CT molecular complexity index is 880. The number of carbonyl (C=O) groups excluding carboxylic acids is 2. The predicted octanol–water partition coefficient (Wildman–Crippen LogP) is 3.45. The normalized spacial score (nSPS) is 15.2. The van der Waals surface area contributed by atoms with Gasteiger partial charge in [-0.25, -0.2) is 9.69 Å². The fraction of sp³-hybridized carbons (Fsp3) is 0.0526. The number of urea groups is 1. The number of hydrogen-bond acceptors (Lipinski definition) is 3. The second-order valence-electron chi connectivity index (χ2n) is 5.17. The molecular formula is C19H13ClN2O3. The lowest BCUT2D eigenvalue weighted by molar-refractivity contribution is -0.113. The van der Waals surface area contributed by atoms with Crippen molar-refractivity contribution in [2.45, 2.75) is 0 Å². The third-order valence-corrected chi connectivity index (χ3v) is 3.73. The zero-order chi connectivity index (χ0) is 17.8. The first-order valence-corrected chi connectivity index (χ1v) is 7.75. The minimum atomic E-state index is -0.507. The summed E-state index contributed by atoms with van der Waals surface area (Å²) in [6.45, 7) is 0.186. The molecule has 1 fully saturated rings. The van der Waals surface area contributed by atoms with Crippen molar-refractivity contribution in [3.63, 3.8) is 0 Å². The van der Waals surface area contributed by atoms with E-state index in [4.69, 9.17) is 22.8 Å². The van der Waals surface area contributed by atoms with Gasteiger partial charge in [-0.05, 0) is 48.0 Å². The first-order valence-electron chi connectivity index (χ1n) is 7.37. The maximum absolute atomic E-state index is 12.5. The maximum Gasteiger partial charge on any atom is 0.333 e. The summed E-state index contributed by atoms with van der Waals surface area (Å²) in [5.74, 6) is 2.58. The monoisotopic (exact) mass is 352 g/mol. The predicted molar refractivity (Wildman–Crippen MR) is 96.2 cm³/mol. The van der Waals surface area contributed by atoms with E-state index in [2.05, 4.69) is 11.2 Å². The Labute approximate surface area is 149 Å². The summed E-state index contributed by atoms with van der Waals surface area (Å²) in [4.78, 5) is 25.7. The summed E-state index contributed by atoms with van der Waals surface area (Å²) >= 11 is 5.84. The Hall–Kier alpha value is -3.23. The molecule has 2 aromatic carbocycles. The van der Waals surface area contributed by atoms with Gasteiger partial charge in [0.05, 0.1) is 5.69 Å². The number of imide groups is 1. The van der Waals surface area contributed by atoms with Gasteiger partial charge in [0, 0.05) is 5.02 Å². The first kappa shape index (κ1) is 16.6. The van der Waals surface area contributed by atoms with Crippen LogP contribution in [0.3, 0.4) is 0 Å². The van der Waals surface area contributed by atoms with Gasteiger partial charge in [-0.1, -0.05) is 29.7 Å². The molecule has 1 heterocycles. The highest BCUT2D eigenvalue weighted by Crippen LogP contribution is 2.24.